The van der Waals surface area contributed by atoms with Crippen molar-refractivity contribution in [3.63, 3.8) is 0 Å². The first kappa shape index (κ1) is 16.3. The molecule has 1 N–H and O–H groups in total. The molecule has 0 radical (unpaired) electrons. The lowest BCUT2D eigenvalue weighted by molar-refractivity contribution is 0.493. The van der Waals surface area contributed by atoms with Crippen molar-refractivity contribution in [2.75, 3.05) is 23.3 Å². The Morgan fingerprint density at radius 3 is 2.46 bits per heavy atom. The molecule has 1 aliphatic heterocycles. The van der Waals surface area contributed by atoms with Crippen molar-refractivity contribution in [2.45, 2.75) is 25.7 Å². The Bertz CT molecular complexity index is 862. The number of aromatic nitrogens is 6. The molecular formula is C18H20N8. The highest BCUT2D eigenvalue weighted by Crippen LogP contribution is 2.32. The molecule has 0 saturated carbocycles. The predicted molar refractivity (Wildman–Crippen MR) is 98.3 cm³/mol. The van der Waals surface area contributed by atoms with Gasteiger partial charge in [-0.3, -0.25) is 4.98 Å². The predicted octanol–water partition coefficient (Wildman–Crippen LogP) is 2.49. The zero-order valence-electron chi connectivity index (χ0n) is 14.6. The van der Waals surface area contributed by atoms with Crippen LogP contribution < -0.4 is 10.2 Å². The third-order valence-electron chi connectivity index (χ3n) is 4.52. The standard InChI is InChI=1S/C18H20N8/c1-13-11-15(24-12-23-13)26-9-3-14(4-10-26)16-17(20-8-7-19-16)25-18-21-5-2-6-22-18/h2,5-8,11-12,14H,3-4,9-10H2,1H3,(H,20,21,22,25). The highest BCUT2D eigenvalue weighted by atomic mass is 15.2. The maximum absolute atomic E-state index is 4.59. The summed E-state index contributed by atoms with van der Waals surface area (Å²) in [4.78, 5) is 28.3. The zero-order valence-corrected chi connectivity index (χ0v) is 14.6. The third kappa shape index (κ3) is 3.58. The zero-order chi connectivity index (χ0) is 17.8. The van der Waals surface area contributed by atoms with E-state index in [0.717, 1.165) is 49.0 Å². The van der Waals surface area contributed by atoms with Crippen LogP contribution in [-0.2, 0) is 0 Å². The summed E-state index contributed by atoms with van der Waals surface area (Å²) in [5, 5.41) is 3.19. The Morgan fingerprint density at radius 1 is 0.923 bits per heavy atom. The van der Waals surface area contributed by atoms with Gasteiger partial charge in [0.1, 0.15) is 12.1 Å². The summed E-state index contributed by atoms with van der Waals surface area (Å²) in [7, 11) is 0. The van der Waals surface area contributed by atoms with Crippen molar-refractivity contribution < 1.29 is 0 Å². The molecule has 8 nitrogen and oxygen atoms in total. The minimum atomic E-state index is 0.342. The molecule has 0 spiro atoms. The smallest absolute Gasteiger partial charge is 0.228 e. The summed E-state index contributed by atoms with van der Waals surface area (Å²) in [6.45, 7) is 3.85. The number of nitrogens with zero attached hydrogens (tertiary/aromatic N) is 7. The summed E-state index contributed by atoms with van der Waals surface area (Å²) in [6, 6.07) is 3.82. The first-order valence-corrected chi connectivity index (χ1v) is 8.68. The fourth-order valence-electron chi connectivity index (χ4n) is 3.21. The lowest BCUT2D eigenvalue weighted by atomic mass is 9.93. The van der Waals surface area contributed by atoms with Crippen LogP contribution in [0.1, 0.15) is 30.1 Å². The van der Waals surface area contributed by atoms with E-state index >= 15 is 0 Å². The van der Waals surface area contributed by atoms with Gasteiger partial charge in [0.05, 0.1) is 5.69 Å². The van der Waals surface area contributed by atoms with E-state index in [0.29, 0.717) is 11.9 Å². The Balaban J connectivity index is 1.48. The second-order valence-corrected chi connectivity index (χ2v) is 6.27. The van der Waals surface area contributed by atoms with Crippen molar-refractivity contribution >= 4 is 17.6 Å². The quantitative estimate of drug-likeness (QED) is 0.769. The molecule has 3 aromatic heterocycles. The van der Waals surface area contributed by atoms with Gasteiger partial charge in [-0.1, -0.05) is 0 Å². The number of nitrogens with one attached hydrogen (secondary N) is 1. The SMILES string of the molecule is Cc1cc(N2CCC(c3nccnc3Nc3ncccn3)CC2)ncn1. The molecule has 0 amide bonds. The van der Waals surface area contributed by atoms with Gasteiger partial charge in [0, 0.05) is 55.6 Å². The van der Waals surface area contributed by atoms with E-state index in [1.54, 1.807) is 37.2 Å². The van der Waals surface area contributed by atoms with Crippen molar-refractivity contribution in [3.8, 4) is 0 Å². The monoisotopic (exact) mass is 348 g/mol. The third-order valence-corrected chi connectivity index (χ3v) is 4.52. The van der Waals surface area contributed by atoms with Gasteiger partial charge < -0.3 is 10.2 Å². The molecule has 1 saturated heterocycles. The molecule has 4 heterocycles. The molecule has 4 rings (SSSR count). The van der Waals surface area contributed by atoms with Gasteiger partial charge >= 0.3 is 0 Å². The number of rotatable bonds is 4. The molecule has 0 bridgehead atoms. The largest absolute Gasteiger partial charge is 0.356 e. The Morgan fingerprint density at radius 2 is 1.69 bits per heavy atom. The second-order valence-electron chi connectivity index (χ2n) is 6.27. The number of hydrogen-bond donors (Lipinski definition) is 1. The molecular weight excluding hydrogens is 328 g/mol. The van der Waals surface area contributed by atoms with E-state index in [9.17, 15) is 0 Å². The molecule has 1 aliphatic rings. The molecule has 0 unspecified atom stereocenters. The van der Waals surface area contributed by atoms with E-state index < -0.39 is 0 Å². The number of hydrogen-bond acceptors (Lipinski definition) is 8. The van der Waals surface area contributed by atoms with E-state index in [1.807, 2.05) is 13.0 Å². The fraction of sp³-hybridized carbons (Fsp3) is 0.333. The number of aryl methyl sites for hydroxylation is 1. The topological polar surface area (TPSA) is 92.6 Å². The van der Waals surface area contributed by atoms with Gasteiger partial charge in [-0.25, -0.2) is 24.9 Å². The summed E-state index contributed by atoms with van der Waals surface area (Å²) < 4.78 is 0. The van der Waals surface area contributed by atoms with Crippen LogP contribution in [0, 0.1) is 6.92 Å². The minimum absolute atomic E-state index is 0.342. The molecule has 26 heavy (non-hydrogen) atoms. The lowest BCUT2D eigenvalue weighted by Gasteiger charge is -2.32. The van der Waals surface area contributed by atoms with Crippen LogP contribution in [-0.4, -0.2) is 43.0 Å². The number of anilines is 3. The molecule has 1 fully saturated rings. The van der Waals surface area contributed by atoms with E-state index in [1.165, 1.54) is 0 Å². The van der Waals surface area contributed by atoms with Crippen LogP contribution in [0.3, 0.4) is 0 Å². The second kappa shape index (κ2) is 7.38. The summed E-state index contributed by atoms with van der Waals surface area (Å²) in [6.07, 6.45) is 10.4. The van der Waals surface area contributed by atoms with Gasteiger partial charge in [0.25, 0.3) is 0 Å². The number of piperidine rings is 1. The normalized spacial score (nSPS) is 15.0. The Kier molecular flexibility index (Phi) is 4.63. The van der Waals surface area contributed by atoms with Crippen LogP contribution in [0.15, 0.2) is 43.2 Å². The van der Waals surface area contributed by atoms with Crippen LogP contribution in [0.2, 0.25) is 0 Å². The van der Waals surface area contributed by atoms with E-state index in [2.05, 4.69) is 40.1 Å². The van der Waals surface area contributed by atoms with Gasteiger partial charge in [0.2, 0.25) is 5.95 Å². The van der Waals surface area contributed by atoms with Gasteiger partial charge in [-0.2, -0.15) is 0 Å². The van der Waals surface area contributed by atoms with E-state index in [-0.39, 0.29) is 0 Å². The van der Waals surface area contributed by atoms with Crippen molar-refractivity contribution in [2.24, 2.45) is 0 Å². The van der Waals surface area contributed by atoms with Gasteiger partial charge in [-0.15, -0.1) is 0 Å². The van der Waals surface area contributed by atoms with Crippen molar-refractivity contribution in [3.05, 3.63) is 54.6 Å². The highest BCUT2D eigenvalue weighted by Gasteiger charge is 2.25. The molecule has 0 atom stereocenters. The molecule has 0 aliphatic carbocycles. The van der Waals surface area contributed by atoms with Crippen molar-refractivity contribution in [1.82, 2.24) is 29.9 Å². The minimum Gasteiger partial charge on any atom is -0.356 e. The highest BCUT2D eigenvalue weighted by molar-refractivity contribution is 5.51. The average Bonchev–Trinajstić information content (AvgIpc) is 2.69. The first-order valence-electron chi connectivity index (χ1n) is 8.68. The van der Waals surface area contributed by atoms with Crippen LogP contribution in [0.25, 0.3) is 0 Å². The Hall–Kier alpha value is -3.16. The molecule has 8 heteroatoms. The van der Waals surface area contributed by atoms with Crippen LogP contribution in [0.5, 0.6) is 0 Å². The van der Waals surface area contributed by atoms with Crippen LogP contribution in [0.4, 0.5) is 17.6 Å². The van der Waals surface area contributed by atoms with Crippen LogP contribution >= 0.6 is 0 Å². The first-order chi connectivity index (χ1) is 12.8. The summed E-state index contributed by atoms with van der Waals surface area (Å²) in [5.41, 5.74) is 1.96. The maximum Gasteiger partial charge on any atom is 0.228 e. The van der Waals surface area contributed by atoms with Gasteiger partial charge in [-0.05, 0) is 25.8 Å². The Labute approximate surface area is 151 Å². The van der Waals surface area contributed by atoms with E-state index in [4.69, 9.17) is 0 Å². The van der Waals surface area contributed by atoms with Crippen molar-refractivity contribution in [1.29, 1.82) is 0 Å². The fourth-order valence-corrected chi connectivity index (χ4v) is 3.21. The average molecular weight is 348 g/mol. The maximum atomic E-state index is 4.59. The summed E-state index contributed by atoms with van der Waals surface area (Å²) >= 11 is 0. The molecule has 3 aromatic rings. The lowest BCUT2D eigenvalue weighted by Crippen LogP contribution is -2.34. The summed E-state index contributed by atoms with van der Waals surface area (Å²) in [5.74, 6) is 2.60. The van der Waals surface area contributed by atoms with Gasteiger partial charge in [0.15, 0.2) is 5.82 Å². The molecule has 0 aromatic carbocycles. The molecule has 132 valence electrons.